The Morgan fingerprint density at radius 1 is 0.456 bits per heavy atom. The number of benzene rings is 1. The topological polar surface area (TPSA) is 333 Å². The van der Waals surface area contributed by atoms with Crippen LogP contribution in [0.25, 0.3) is 0 Å². The van der Waals surface area contributed by atoms with Crippen molar-refractivity contribution < 1.29 is 88.8 Å². The van der Waals surface area contributed by atoms with Crippen LogP contribution >= 0.6 is 0 Å². The van der Waals surface area contributed by atoms with E-state index >= 15 is 0 Å². The van der Waals surface area contributed by atoms with E-state index in [1.807, 2.05) is 6.07 Å². The predicted octanol–water partition coefficient (Wildman–Crippen LogP) is -5.16. The average molecular weight is 824 g/mol. The smallest absolute Gasteiger partial charge is 0.308 e. The lowest BCUT2D eigenvalue weighted by Crippen LogP contribution is -2.57. The molecular formula is C36H61N3O18. The van der Waals surface area contributed by atoms with E-state index in [4.69, 9.17) is 23.7 Å². The number of amides is 3. The minimum absolute atomic E-state index is 0.0516. The summed E-state index contributed by atoms with van der Waals surface area (Å²) in [6, 6.07) is 9.01. The van der Waals surface area contributed by atoms with Gasteiger partial charge < -0.3 is 85.6 Å². The highest BCUT2D eigenvalue weighted by Crippen LogP contribution is 2.22. The Labute approximate surface area is 330 Å². The Hall–Kier alpha value is -3.42. The third-order valence-electron chi connectivity index (χ3n) is 8.68. The number of hydrogen-bond acceptors (Lipinski definition) is 18. The van der Waals surface area contributed by atoms with E-state index in [0.717, 1.165) is 5.56 Å². The van der Waals surface area contributed by atoms with E-state index < -0.39 is 105 Å². The summed E-state index contributed by atoms with van der Waals surface area (Å²) in [5.41, 5.74) is -5.43. The van der Waals surface area contributed by atoms with Crippen LogP contribution in [-0.4, -0.2) is 199 Å². The van der Waals surface area contributed by atoms with Crippen molar-refractivity contribution in [3.8, 4) is 0 Å². The van der Waals surface area contributed by atoms with Gasteiger partial charge in [0.2, 0.25) is 17.7 Å². The number of rotatable bonds is 34. The molecular weight excluding hydrogens is 762 g/mol. The lowest BCUT2D eigenvalue weighted by Gasteiger charge is -2.33. The van der Waals surface area contributed by atoms with Gasteiger partial charge in [0.05, 0.1) is 124 Å². The molecule has 1 aromatic carbocycles. The molecule has 57 heavy (non-hydrogen) atoms. The first-order valence-corrected chi connectivity index (χ1v) is 18.2. The van der Waals surface area contributed by atoms with E-state index in [2.05, 4.69) is 16.0 Å². The van der Waals surface area contributed by atoms with Gasteiger partial charge in [0.1, 0.15) is 23.2 Å². The standard InChI is InChI=1S/C36H61N3O18/c40-15-34(16-41,17-42)37-29(49)6-10-53-24-33(25-54-11-7-30(50)38-35(18-43,19-44)20-45,26-55-12-8-31(51)39-36(21-46,22-47)23-48)27-56-13-9-32(52)57-14-28-4-2-1-3-5-28/h1-5,40-48H,6-27H2,(H,37,49)(H,38,50)(H,39,51). The summed E-state index contributed by atoms with van der Waals surface area (Å²) in [5, 5.41) is 92.8. The number of carbonyl (C=O) groups excluding carboxylic acids is 4. The Balaban J connectivity index is 3.11. The predicted molar refractivity (Wildman–Crippen MR) is 197 cm³/mol. The maximum absolute atomic E-state index is 12.5. The van der Waals surface area contributed by atoms with Gasteiger partial charge in [-0.25, -0.2) is 0 Å². The second kappa shape index (κ2) is 28.1. The van der Waals surface area contributed by atoms with Crippen molar-refractivity contribution in [2.75, 3.05) is 112 Å². The van der Waals surface area contributed by atoms with Gasteiger partial charge in [0.15, 0.2) is 0 Å². The van der Waals surface area contributed by atoms with Gasteiger partial charge in [-0.05, 0) is 5.56 Å². The van der Waals surface area contributed by atoms with Crippen LogP contribution in [0, 0.1) is 5.41 Å². The van der Waals surface area contributed by atoms with Crippen molar-refractivity contribution in [3.63, 3.8) is 0 Å². The van der Waals surface area contributed by atoms with Gasteiger partial charge in [-0.15, -0.1) is 0 Å². The highest BCUT2D eigenvalue weighted by molar-refractivity contribution is 5.77. The first kappa shape index (κ1) is 51.6. The van der Waals surface area contributed by atoms with E-state index in [9.17, 15) is 65.1 Å². The van der Waals surface area contributed by atoms with E-state index in [1.54, 1.807) is 24.3 Å². The highest BCUT2D eigenvalue weighted by Gasteiger charge is 2.35. The molecule has 0 aliphatic carbocycles. The zero-order chi connectivity index (χ0) is 42.6. The molecule has 0 saturated heterocycles. The third-order valence-corrected chi connectivity index (χ3v) is 8.68. The molecule has 21 nitrogen and oxygen atoms in total. The number of hydrogen-bond donors (Lipinski definition) is 12. The summed E-state index contributed by atoms with van der Waals surface area (Å²) < 4.78 is 28.6. The highest BCUT2D eigenvalue weighted by atomic mass is 16.5. The summed E-state index contributed by atoms with van der Waals surface area (Å²) in [5.74, 6) is -2.54. The number of ether oxygens (including phenoxy) is 5. The fourth-order valence-electron chi connectivity index (χ4n) is 4.75. The molecule has 0 radical (unpaired) electrons. The Morgan fingerprint density at radius 3 is 1.05 bits per heavy atom. The molecule has 0 spiro atoms. The molecule has 0 atom stereocenters. The molecule has 1 rings (SSSR count). The molecule has 1 aromatic rings. The van der Waals surface area contributed by atoms with E-state index in [-0.39, 0.29) is 85.1 Å². The fraction of sp³-hybridized carbons (Fsp3) is 0.722. The van der Waals surface area contributed by atoms with Crippen molar-refractivity contribution >= 4 is 23.7 Å². The molecule has 0 aliphatic rings. The molecule has 0 aromatic heterocycles. The van der Waals surface area contributed by atoms with Crippen LogP contribution in [0.2, 0.25) is 0 Å². The molecule has 0 heterocycles. The van der Waals surface area contributed by atoms with Crippen molar-refractivity contribution in [1.29, 1.82) is 0 Å². The van der Waals surface area contributed by atoms with Gasteiger partial charge >= 0.3 is 5.97 Å². The lowest BCUT2D eigenvalue weighted by molar-refractivity contribution is -0.147. The largest absolute Gasteiger partial charge is 0.461 e. The summed E-state index contributed by atoms with van der Waals surface area (Å²) in [4.78, 5) is 50.1. The zero-order valence-electron chi connectivity index (χ0n) is 32.1. The minimum Gasteiger partial charge on any atom is -0.461 e. The lowest BCUT2D eigenvalue weighted by atomic mass is 9.92. The maximum atomic E-state index is 12.5. The minimum atomic E-state index is -1.66. The van der Waals surface area contributed by atoms with Crippen LogP contribution in [0.4, 0.5) is 0 Å². The second-order valence-electron chi connectivity index (χ2n) is 13.8. The van der Waals surface area contributed by atoms with Crippen LogP contribution in [0.15, 0.2) is 30.3 Å². The Bertz CT molecular complexity index is 1150. The number of esters is 1. The van der Waals surface area contributed by atoms with Gasteiger partial charge in [-0.2, -0.15) is 0 Å². The summed E-state index contributed by atoms with van der Waals surface area (Å²) in [6.07, 6.45) is -0.977. The van der Waals surface area contributed by atoms with Gasteiger partial charge in [0, 0.05) is 19.3 Å². The average Bonchev–Trinajstić information content (AvgIpc) is 3.24. The Kier molecular flexibility index (Phi) is 25.4. The molecule has 12 N–H and O–H groups in total. The van der Waals surface area contributed by atoms with Crippen molar-refractivity contribution in [2.24, 2.45) is 5.41 Å². The molecule has 328 valence electrons. The summed E-state index contributed by atoms with van der Waals surface area (Å²) in [7, 11) is 0. The zero-order valence-corrected chi connectivity index (χ0v) is 32.1. The normalized spacial score (nSPS) is 12.3. The van der Waals surface area contributed by atoms with Gasteiger partial charge in [-0.3, -0.25) is 19.2 Å². The monoisotopic (exact) mass is 823 g/mol. The van der Waals surface area contributed by atoms with Crippen molar-refractivity contribution in [3.05, 3.63) is 35.9 Å². The number of nitrogens with one attached hydrogen (secondary N) is 3. The van der Waals surface area contributed by atoms with Gasteiger partial charge in [0.25, 0.3) is 0 Å². The number of carbonyl (C=O) groups is 4. The quantitative estimate of drug-likeness (QED) is 0.0228. The van der Waals surface area contributed by atoms with Crippen LogP contribution in [0.1, 0.15) is 31.2 Å². The maximum Gasteiger partial charge on any atom is 0.308 e. The molecule has 0 unspecified atom stereocenters. The van der Waals surface area contributed by atoms with Crippen LogP contribution in [0.3, 0.4) is 0 Å². The summed E-state index contributed by atoms with van der Waals surface area (Å²) in [6.45, 7) is -8.25. The number of aliphatic hydroxyl groups excluding tert-OH is 9. The Morgan fingerprint density at radius 2 is 0.754 bits per heavy atom. The number of aliphatic hydroxyl groups is 9. The second-order valence-corrected chi connectivity index (χ2v) is 13.8. The molecule has 0 fully saturated rings. The molecule has 0 saturated carbocycles. The molecule has 0 bridgehead atoms. The van der Waals surface area contributed by atoms with Crippen molar-refractivity contribution in [1.82, 2.24) is 16.0 Å². The molecule has 3 amide bonds. The third kappa shape index (κ3) is 19.3. The fourth-order valence-corrected chi connectivity index (χ4v) is 4.75. The first-order chi connectivity index (χ1) is 27.3. The van der Waals surface area contributed by atoms with Crippen molar-refractivity contribution in [2.45, 2.75) is 48.9 Å². The van der Waals surface area contributed by atoms with Crippen LogP contribution in [-0.2, 0) is 49.5 Å². The van der Waals surface area contributed by atoms with Gasteiger partial charge in [-0.1, -0.05) is 30.3 Å². The van der Waals surface area contributed by atoms with Crippen LogP contribution in [0.5, 0.6) is 0 Å². The first-order valence-electron chi connectivity index (χ1n) is 18.2. The van der Waals surface area contributed by atoms with E-state index in [0.29, 0.717) is 0 Å². The SMILES string of the molecule is O=C(CCOCC(COCCC(=O)NC(CO)(CO)CO)(COCCC(=O)NC(CO)(CO)CO)COCCC(=O)OCc1ccccc1)NC(CO)(CO)CO. The van der Waals surface area contributed by atoms with Crippen LogP contribution < -0.4 is 16.0 Å². The molecule has 0 aliphatic heterocycles. The molecule has 21 heteroatoms. The van der Waals surface area contributed by atoms with E-state index in [1.165, 1.54) is 0 Å². The summed E-state index contributed by atoms with van der Waals surface area (Å²) >= 11 is 0.